The van der Waals surface area contributed by atoms with E-state index in [2.05, 4.69) is 28.6 Å². The van der Waals surface area contributed by atoms with Crippen molar-refractivity contribution >= 4 is 11.7 Å². The molecule has 0 aliphatic carbocycles. The third-order valence-corrected chi connectivity index (χ3v) is 4.47. The van der Waals surface area contributed by atoms with Gasteiger partial charge in [-0.2, -0.15) is 5.10 Å². The smallest absolute Gasteiger partial charge is 0.337 e. The molecule has 0 unspecified atom stereocenters. The van der Waals surface area contributed by atoms with Gasteiger partial charge in [0.25, 0.3) is 0 Å². The van der Waals surface area contributed by atoms with Crippen LogP contribution < -0.4 is 5.32 Å². The molecule has 1 aromatic carbocycles. The van der Waals surface area contributed by atoms with Gasteiger partial charge in [-0.25, -0.2) is 4.79 Å². The number of aromatic carboxylic acids is 1. The van der Waals surface area contributed by atoms with Gasteiger partial charge in [0.15, 0.2) is 0 Å². The summed E-state index contributed by atoms with van der Waals surface area (Å²) in [6.07, 6.45) is 3.51. The topological polar surface area (TPSA) is 72.1 Å². The molecule has 0 bridgehead atoms. The van der Waals surface area contributed by atoms with Gasteiger partial charge in [-0.1, -0.05) is 12.1 Å². The minimum absolute atomic E-state index is 0.334. The molecule has 0 fully saturated rings. The van der Waals surface area contributed by atoms with Crippen LogP contribution in [0.5, 0.6) is 0 Å². The van der Waals surface area contributed by atoms with E-state index in [9.17, 15) is 4.79 Å². The summed E-state index contributed by atoms with van der Waals surface area (Å²) in [4.78, 5) is 11.1. The fourth-order valence-electron chi connectivity index (χ4n) is 3.10. The molecule has 122 valence electrons. The normalized spacial score (nSPS) is 12.9. The van der Waals surface area contributed by atoms with Gasteiger partial charge in [-0.05, 0) is 36.2 Å². The Balaban J connectivity index is 1.62. The molecule has 4 rings (SSSR count). The second-order valence-corrected chi connectivity index (χ2v) is 6.13. The summed E-state index contributed by atoms with van der Waals surface area (Å²) in [7, 11) is 0. The van der Waals surface area contributed by atoms with Crippen LogP contribution in [0.4, 0.5) is 5.69 Å². The first-order valence-electron chi connectivity index (χ1n) is 7.86. The largest absolute Gasteiger partial charge is 0.478 e. The van der Waals surface area contributed by atoms with E-state index < -0.39 is 5.97 Å². The van der Waals surface area contributed by atoms with Crippen LogP contribution in [0.3, 0.4) is 0 Å². The van der Waals surface area contributed by atoms with E-state index in [1.165, 1.54) is 5.56 Å². The van der Waals surface area contributed by atoms with E-state index in [1.54, 1.807) is 12.3 Å². The summed E-state index contributed by atoms with van der Waals surface area (Å²) in [5.41, 5.74) is 5.88. The van der Waals surface area contributed by atoms with E-state index in [1.807, 2.05) is 28.4 Å². The van der Waals surface area contributed by atoms with Crippen molar-refractivity contribution in [2.75, 3.05) is 5.32 Å². The van der Waals surface area contributed by atoms with Gasteiger partial charge in [0.1, 0.15) is 0 Å². The maximum Gasteiger partial charge on any atom is 0.337 e. The van der Waals surface area contributed by atoms with E-state index in [4.69, 9.17) is 5.11 Å². The Labute approximate surface area is 139 Å². The van der Waals surface area contributed by atoms with Crippen molar-refractivity contribution in [3.63, 3.8) is 0 Å². The molecule has 0 spiro atoms. The Bertz CT molecular complexity index is 923. The quantitative estimate of drug-likeness (QED) is 0.778. The molecule has 2 aromatic heterocycles. The number of aryl methyl sites for hydroxylation is 1. The van der Waals surface area contributed by atoms with Gasteiger partial charge in [-0.3, -0.25) is 4.68 Å². The standard InChI is InChI=1S/C18H18N4O2/c1-12-4-5-20-22(12)9-13-2-3-14-10-21-11-15(18(23)24)7-16(21)8-19-17(14)6-13/h2-7,11,19H,8-10H2,1H3,(H,23,24). The Morgan fingerprint density at radius 1 is 1.33 bits per heavy atom. The number of carbonyl (C=O) groups is 1. The first-order valence-corrected chi connectivity index (χ1v) is 7.86. The van der Waals surface area contributed by atoms with Crippen molar-refractivity contribution in [2.45, 2.75) is 26.6 Å². The van der Waals surface area contributed by atoms with Gasteiger partial charge in [0.05, 0.1) is 18.7 Å². The highest BCUT2D eigenvalue weighted by Crippen LogP contribution is 2.25. The van der Waals surface area contributed by atoms with Crippen LogP contribution in [0.2, 0.25) is 0 Å². The fraction of sp³-hybridized carbons (Fsp3) is 0.222. The maximum atomic E-state index is 11.1. The average molecular weight is 322 g/mol. The Morgan fingerprint density at radius 2 is 2.21 bits per heavy atom. The molecular weight excluding hydrogens is 304 g/mol. The summed E-state index contributed by atoms with van der Waals surface area (Å²) < 4.78 is 3.97. The van der Waals surface area contributed by atoms with Crippen LogP contribution in [-0.2, 0) is 19.6 Å². The van der Waals surface area contributed by atoms with E-state index in [-0.39, 0.29) is 0 Å². The highest BCUT2D eigenvalue weighted by Gasteiger charge is 2.16. The number of fused-ring (bicyclic) bond motifs is 2. The minimum Gasteiger partial charge on any atom is -0.478 e. The molecule has 2 N–H and O–H groups in total. The number of nitrogens with zero attached hydrogens (tertiary/aromatic N) is 3. The lowest BCUT2D eigenvalue weighted by molar-refractivity contribution is 0.0697. The lowest BCUT2D eigenvalue weighted by atomic mass is 10.1. The second-order valence-electron chi connectivity index (χ2n) is 6.13. The van der Waals surface area contributed by atoms with E-state index >= 15 is 0 Å². The molecule has 0 saturated heterocycles. The first kappa shape index (κ1) is 14.6. The van der Waals surface area contributed by atoms with Crippen LogP contribution in [0.25, 0.3) is 0 Å². The number of hydrogen-bond donors (Lipinski definition) is 2. The minimum atomic E-state index is -0.888. The van der Waals surface area contributed by atoms with Gasteiger partial charge >= 0.3 is 5.97 Å². The molecule has 0 radical (unpaired) electrons. The van der Waals surface area contributed by atoms with E-state index in [0.29, 0.717) is 18.7 Å². The van der Waals surface area contributed by atoms with Crippen LogP contribution in [0.1, 0.15) is 32.9 Å². The number of carboxylic acid groups (broad SMARTS) is 1. The zero-order valence-corrected chi connectivity index (χ0v) is 13.4. The third-order valence-electron chi connectivity index (χ3n) is 4.47. The van der Waals surface area contributed by atoms with Crippen LogP contribution >= 0.6 is 0 Å². The number of hydrogen-bond acceptors (Lipinski definition) is 3. The van der Waals surface area contributed by atoms with Crippen LogP contribution in [0, 0.1) is 6.92 Å². The molecule has 6 nitrogen and oxygen atoms in total. The predicted molar refractivity (Wildman–Crippen MR) is 90.3 cm³/mol. The molecule has 24 heavy (non-hydrogen) atoms. The molecule has 1 aliphatic rings. The highest BCUT2D eigenvalue weighted by molar-refractivity contribution is 5.87. The van der Waals surface area contributed by atoms with Crippen molar-refractivity contribution < 1.29 is 9.90 Å². The number of carboxylic acids is 1. The summed E-state index contributed by atoms with van der Waals surface area (Å²) in [6.45, 7) is 4.07. The van der Waals surface area contributed by atoms with Gasteiger partial charge in [0, 0.05) is 36.0 Å². The summed E-state index contributed by atoms with van der Waals surface area (Å²) in [6, 6.07) is 10.1. The van der Waals surface area contributed by atoms with Gasteiger partial charge in [-0.15, -0.1) is 0 Å². The molecule has 6 heteroatoms. The van der Waals surface area contributed by atoms with Crippen molar-refractivity contribution in [2.24, 2.45) is 0 Å². The first-order chi connectivity index (χ1) is 11.6. The SMILES string of the molecule is Cc1ccnn1Cc1ccc2c(c1)NCc1cc(C(=O)O)cn1C2. The third kappa shape index (κ3) is 2.56. The fourth-order valence-corrected chi connectivity index (χ4v) is 3.10. The van der Waals surface area contributed by atoms with Crippen LogP contribution in [-0.4, -0.2) is 25.4 Å². The number of benzene rings is 1. The second kappa shape index (κ2) is 5.56. The van der Waals surface area contributed by atoms with E-state index in [0.717, 1.165) is 29.2 Å². The molecule has 0 saturated carbocycles. The van der Waals surface area contributed by atoms with Crippen molar-refractivity contribution in [3.05, 3.63) is 70.8 Å². The van der Waals surface area contributed by atoms with Gasteiger partial charge in [0.2, 0.25) is 0 Å². The molecule has 1 aliphatic heterocycles. The molecule has 0 atom stereocenters. The average Bonchev–Trinajstić information content (AvgIpc) is 3.10. The maximum absolute atomic E-state index is 11.1. The van der Waals surface area contributed by atoms with Crippen molar-refractivity contribution in [3.8, 4) is 0 Å². The van der Waals surface area contributed by atoms with Crippen LogP contribution in [0.15, 0.2) is 42.7 Å². The Hall–Kier alpha value is -3.02. The van der Waals surface area contributed by atoms with Crippen molar-refractivity contribution in [1.29, 1.82) is 0 Å². The highest BCUT2D eigenvalue weighted by atomic mass is 16.4. The number of anilines is 1. The predicted octanol–water partition coefficient (Wildman–Crippen LogP) is 2.71. The monoisotopic (exact) mass is 322 g/mol. The Morgan fingerprint density at radius 3 is 2.96 bits per heavy atom. The molecule has 3 aromatic rings. The molecule has 0 amide bonds. The number of nitrogens with one attached hydrogen (secondary N) is 1. The number of aromatic nitrogens is 3. The zero-order valence-electron chi connectivity index (χ0n) is 13.4. The van der Waals surface area contributed by atoms with Gasteiger partial charge < -0.3 is 15.0 Å². The Kier molecular flexibility index (Phi) is 3.37. The molecular formula is C18H18N4O2. The molecule has 3 heterocycles. The van der Waals surface area contributed by atoms with Crippen molar-refractivity contribution in [1.82, 2.24) is 14.3 Å². The lowest BCUT2D eigenvalue weighted by Crippen LogP contribution is -2.05. The number of rotatable bonds is 3. The summed E-state index contributed by atoms with van der Waals surface area (Å²) >= 11 is 0. The summed E-state index contributed by atoms with van der Waals surface area (Å²) in [5, 5.41) is 16.9. The zero-order chi connectivity index (χ0) is 16.7. The lowest BCUT2D eigenvalue weighted by Gasteiger charge is -2.11. The summed E-state index contributed by atoms with van der Waals surface area (Å²) in [5.74, 6) is -0.888.